The minimum Gasteiger partial charge on any atom is -0.444 e. The van der Waals surface area contributed by atoms with Gasteiger partial charge in [-0.05, 0) is 31.9 Å². The van der Waals surface area contributed by atoms with Gasteiger partial charge < -0.3 is 4.74 Å². The predicted molar refractivity (Wildman–Crippen MR) is 79.5 cm³/mol. The summed E-state index contributed by atoms with van der Waals surface area (Å²) in [5.41, 5.74) is -0.0322. The largest absolute Gasteiger partial charge is 0.444 e. The van der Waals surface area contributed by atoms with Crippen LogP contribution in [-0.4, -0.2) is 37.9 Å². The van der Waals surface area contributed by atoms with Crippen LogP contribution >= 0.6 is 0 Å². The van der Waals surface area contributed by atoms with E-state index in [-0.39, 0.29) is 10.5 Å². The molecule has 0 radical (unpaired) electrons. The highest BCUT2D eigenvalue weighted by molar-refractivity contribution is 7.89. The van der Waals surface area contributed by atoms with Gasteiger partial charge >= 0.3 is 5.97 Å². The number of nitrogens with zero attached hydrogens (tertiary/aromatic N) is 2. The Morgan fingerprint density at radius 2 is 1.91 bits per heavy atom. The molecule has 7 heteroatoms. The zero-order chi connectivity index (χ0) is 16.2. The highest BCUT2D eigenvalue weighted by atomic mass is 32.2. The molecular weight excluding hydrogens is 304 g/mol. The van der Waals surface area contributed by atoms with Crippen LogP contribution in [0.4, 0.5) is 0 Å². The first kappa shape index (κ1) is 16.5. The molecule has 0 spiro atoms. The Morgan fingerprint density at radius 3 is 2.55 bits per heavy atom. The number of esters is 1. The van der Waals surface area contributed by atoms with Gasteiger partial charge in [-0.3, -0.25) is 0 Å². The van der Waals surface area contributed by atoms with Crippen molar-refractivity contribution in [3.8, 4) is 6.07 Å². The van der Waals surface area contributed by atoms with Crippen LogP contribution in [0.2, 0.25) is 0 Å². The highest BCUT2D eigenvalue weighted by Gasteiger charge is 2.30. The monoisotopic (exact) mass is 322 g/mol. The fourth-order valence-electron chi connectivity index (χ4n) is 2.35. The van der Waals surface area contributed by atoms with Crippen LogP contribution in [0.1, 0.15) is 36.5 Å². The molecule has 0 saturated carbocycles. The maximum Gasteiger partial charge on any atom is 0.340 e. The molecule has 1 fully saturated rings. The molecule has 1 aliphatic rings. The van der Waals surface area contributed by atoms with Gasteiger partial charge in [-0.1, -0.05) is 18.6 Å². The molecule has 0 bridgehead atoms. The van der Waals surface area contributed by atoms with Crippen LogP contribution in [0.25, 0.3) is 0 Å². The number of piperidine rings is 1. The van der Waals surface area contributed by atoms with Crippen molar-refractivity contribution in [2.45, 2.75) is 37.2 Å². The van der Waals surface area contributed by atoms with E-state index in [4.69, 9.17) is 10.00 Å². The van der Waals surface area contributed by atoms with Crippen molar-refractivity contribution in [2.24, 2.45) is 0 Å². The van der Waals surface area contributed by atoms with E-state index in [0.717, 1.165) is 19.3 Å². The molecule has 6 nitrogen and oxygen atoms in total. The number of rotatable bonds is 4. The Morgan fingerprint density at radius 1 is 1.27 bits per heavy atom. The van der Waals surface area contributed by atoms with E-state index >= 15 is 0 Å². The van der Waals surface area contributed by atoms with Crippen molar-refractivity contribution in [1.82, 2.24) is 4.31 Å². The molecule has 0 amide bonds. The van der Waals surface area contributed by atoms with Crippen molar-refractivity contribution >= 4 is 16.0 Å². The molecule has 1 saturated heterocycles. The van der Waals surface area contributed by atoms with Gasteiger partial charge in [0.15, 0.2) is 6.10 Å². The number of hydrogen-bond donors (Lipinski definition) is 0. The first-order valence-electron chi connectivity index (χ1n) is 7.16. The van der Waals surface area contributed by atoms with E-state index in [1.807, 2.05) is 0 Å². The van der Waals surface area contributed by atoms with Crippen LogP contribution in [0.15, 0.2) is 29.2 Å². The van der Waals surface area contributed by atoms with E-state index in [2.05, 4.69) is 0 Å². The number of nitriles is 1. The SMILES string of the molecule is C[C@@H](C#N)OC(=O)c1ccccc1S(=O)(=O)N1CCCCC1. The topological polar surface area (TPSA) is 87.5 Å². The molecular formula is C15H18N2O4S. The Labute approximate surface area is 130 Å². The van der Waals surface area contributed by atoms with E-state index < -0.39 is 22.1 Å². The van der Waals surface area contributed by atoms with Gasteiger partial charge in [0, 0.05) is 13.1 Å². The molecule has 0 N–H and O–H groups in total. The van der Waals surface area contributed by atoms with Gasteiger partial charge in [0.1, 0.15) is 6.07 Å². The lowest BCUT2D eigenvalue weighted by Gasteiger charge is -2.26. The minimum atomic E-state index is -3.73. The van der Waals surface area contributed by atoms with Crippen molar-refractivity contribution < 1.29 is 17.9 Å². The second-order valence-corrected chi connectivity index (χ2v) is 7.04. The van der Waals surface area contributed by atoms with Crippen LogP contribution in [0.5, 0.6) is 0 Å². The Bertz CT molecular complexity index is 688. The van der Waals surface area contributed by atoms with Gasteiger partial charge in [0.05, 0.1) is 10.5 Å². The van der Waals surface area contributed by atoms with Gasteiger partial charge in [-0.2, -0.15) is 9.57 Å². The number of carbonyl (C=O) groups excluding carboxylic acids is 1. The summed E-state index contributed by atoms with van der Waals surface area (Å²) in [6.45, 7) is 2.35. The molecule has 1 aliphatic heterocycles. The van der Waals surface area contributed by atoms with Crippen molar-refractivity contribution in [3.05, 3.63) is 29.8 Å². The molecule has 118 valence electrons. The standard InChI is InChI=1S/C15H18N2O4S/c1-12(11-16)21-15(18)13-7-3-4-8-14(13)22(19,20)17-9-5-2-6-10-17/h3-4,7-8,12H,2,5-6,9-10H2,1H3/t12-/m0/s1. The third kappa shape index (κ3) is 3.46. The van der Waals surface area contributed by atoms with Gasteiger partial charge in [-0.15, -0.1) is 0 Å². The fraction of sp³-hybridized carbons (Fsp3) is 0.467. The van der Waals surface area contributed by atoms with Crippen LogP contribution in [-0.2, 0) is 14.8 Å². The maximum atomic E-state index is 12.7. The zero-order valence-corrected chi connectivity index (χ0v) is 13.2. The molecule has 22 heavy (non-hydrogen) atoms. The molecule has 1 aromatic rings. The maximum absolute atomic E-state index is 12.7. The summed E-state index contributed by atoms with van der Waals surface area (Å²) in [4.78, 5) is 12.0. The summed E-state index contributed by atoms with van der Waals surface area (Å²) in [6, 6.07) is 7.73. The number of carbonyl (C=O) groups is 1. The molecule has 0 aromatic heterocycles. The molecule has 2 rings (SSSR count). The first-order valence-corrected chi connectivity index (χ1v) is 8.60. The summed E-state index contributed by atoms with van der Waals surface area (Å²) >= 11 is 0. The van der Waals surface area contributed by atoms with E-state index in [1.54, 1.807) is 18.2 Å². The average Bonchev–Trinajstić information content (AvgIpc) is 2.55. The highest BCUT2D eigenvalue weighted by Crippen LogP contribution is 2.24. The van der Waals surface area contributed by atoms with Crippen molar-refractivity contribution in [3.63, 3.8) is 0 Å². The number of ether oxygens (including phenoxy) is 1. The summed E-state index contributed by atoms with van der Waals surface area (Å²) in [5.74, 6) is -0.801. The fourth-order valence-corrected chi connectivity index (χ4v) is 4.05. The molecule has 0 unspecified atom stereocenters. The molecule has 1 heterocycles. The average molecular weight is 322 g/mol. The molecule has 1 atom stereocenters. The quantitative estimate of drug-likeness (QED) is 0.790. The number of sulfonamides is 1. The Balaban J connectivity index is 2.35. The third-order valence-electron chi connectivity index (χ3n) is 3.51. The summed E-state index contributed by atoms with van der Waals surface area (Å²) < 4.78 is 31.8. The number of hydrogen-bond acceptors (Lipinski definition) is 5. The van der Waals surface area contributed by atoms with Crippen molar-refractivity contribution in [2.75, 3.05) is 13.1 Å². The summed E-state index contributed by atoms with van der Waals surface area (Å²) in [7, 11) is -3.73. The van der Waals surface area contributed by atoms with Crippen LogP contribution < -0.4 is 0 Å². The van der Waals surface area contributed by atoms with Crippen LogP contribution in [0.3, 0.4) is 0 Å². The smallest absolute Gasteiger partial charge is 0.340 e. The molecule has 0 aliphatic carbocycles. The van der Waals surface area contributed by atoms with E-state index in [0.29, 0.717) is 13.1 Å². The van der Waals surface area contributed by atoms with E-state index in [9.17, 15) is 13.2 Å². The second-order valence-electron chi connectivity index (χ2n) is 5.14. The third-order valence-corrected chi connectivity index (χ3v) is 5.46. The van der Waals surface area contributed by atoms with Gasteiger partial charge in [-0.25, -0.2) is 13.2 Å². The first-order chi connectivity index (χ1) is 10.5. The molecule has 1 aromatic carbocycles. The second kappa shape index (κ2) is 6.90. The lowest BCUT2D eigenvalue weighted by Crippen LogP contribution is -2.36. The summed E-state index contributed by atoms with van der Waals surface area (Å²) in [6.07, 6.45) is 1.71. The van der Waals surface area contributed by atoms with E-state index in [1.165, 1.54) is 23.4 Å². The summed E-state index contributed by atoms with van der Waals surface area (Å²) in [5, 5.41) is 8.71. The number of benzene rings is 1. The lowest BCUT2D eigenvalue weighted by molar-refractivity contribution is 0.0430. The zero-order valence-electron chi connectivity index (χ0n) is 12.4. The Kier molecular flexibility index (Phi) is 5.16. The van der Waals surface area contributed by atoms with Crippen LogP contribution in [0, 0.1) is 11.3 Å². The predicted octanol–water partition coefficient (Wildman–Crippen LogP) is 1.93. The Hall–Kier alpha value is -1.91. The van der Waals surface area contributed by atoms with Gasteiger partial charge in [0.2, 0.25) is 10.0 Å². The van der Waals surface area contributed by atoms with Crippen molar-refractivity contribution in [1.29, 1.82) is 5.26 Å². The lowest BCUT2D eigenvalue weighted by atomic mass is 10.2. The minimum absolute atomic E-state index is 0.0322. The normalized spacial score (nSPS) is 17.5. The van der Waals surface area contributed by atoms with Gasteiger partial charge in [0.25, 0.3) is 0 Å².